The van der Waals surface area contributed by atoms with Gasteiger partial charge in [0.2, 0.25) is 0 Å². The molecule has 3 aliphatic rings. The van der Waals surface area contributed by atoms with Gasteiger partial charge in [0.15, 0.2) is 0 Å². The summed E-state index contributed by atoms with van der Waals surface area (Å²) in [5.41, 5.74) is 2.98. The van der Waals surface area contributed by atoms with Gasteiger partial charge in [0.1, 0.15) is 17.3 Å². The predicted octanol–water partition coefficient (Wildman–Crippen LogP) is 4.60. The van der Waals surface area contributed by atoms with Crippen LogP contribution in [0.4, 0.5) is 24.7 Å². The number of aromatic nitrogens is 2. The predicted molar refractivity (Wildman–Crippen MR) is 145 cm³/mol. The Morgan fingerprint density at radius 1 is 1.26 bits per heavy atom. The zero-order chi connectivity index (χ0) is 27.8. The number of hydrogen-bond acceptors (Lipinski definition) is 7. The summed E-state index contributed by atoms with van der Waals surface area (Å²) in [4.78, 5) is 11.8. The van der Waals surface area contributed by atoms with Crippen LogP contribution in [-0.4, -0.2) is 52.8 Å². The highest BCUT2D eigenvalue weighted by molar-refractivity contribution is 8.00. The summed E-state index contributed by atoms with van der Waals surface area (Å²) in [6, 6.07) is 10.1. The van der Waals surface area contributed by atoms with Gasteiger partial charge in [0, 0.05) is 23.7 Å². The zero-order valence-electron chi connectivity index (χ0n) is 21.5. The van der Waals surface area contributed by atoms with E-state index in [9.17, 15) is 18.0 Å². The molecule has 0 spiro atoms. The molecule has 8 nitrogen and oxygen atoms in total. The first-order chi connectivity index (χ1) is 18.5. The second kappa shape index (κ2) is 10.2. The summed E-state index contributed by atoms with van der Waals surface area (Å²) in [5.74, 6) is 6.48. The molecule has 1 amide bonds. The van der Waals surface area contributed by atoms with Gasteiger partial charge in [-0.15, -0.1) is 0 Å². The molecule has 206 valence electrons. The van der Waals surface area contributed by atoms with Crippen molar-refractivity contribution in [1.82, 2.24) is 14.9 Å². The Bertz CT molecular complexity index is 1470. The Morgan fingerprint density at radius 2 is 2.05 bits per heavy atom. The number of alkyl halides is 3. The van der Waals surface area contributed by atoms with E-state index in [0.29, 0.717) is 28.3 Å². The maximum absolute atomic E-state index is 13.5. The van der Waals surface area contributed by atoms with Crippen molar-refractivity contribution >= 4 is 34.7 Å². The smallest absolute Gasteiger partial charge is 0.446 e. The summed E-state index contributed by atoms with van der Waals surface area (Å²) in [5, 5.41) is 13.6. The molecule has 3 aliphatic carbocycles. The number of fused-ring (bicyclic) bond motifs is 3. The topological polar surface area (TPSA) is 106 Å². The molecule has 6 rings (SSSR count). The monoisotopic (exact) mass is 558 g/mol. The Balaban J connectivity index is 1.40. The van der Waals surface area contributed by atoms with Gasteiger partial charge in [-0.1, -0.05) is 12.0 Å². The number of benzene rings is 1. The van der Waals surface area contributed by atoms with E-state index in [4.69, 9.17) is 10.5 Å². The Morgan fingerprint density at radius 3 is 2.74 bits per heavy atom. The summed E-state index contributed by atoms with van der Waals surface area (Å²) in [7, 11) is 3.01. The lowest BCUT2D eigenvalue weighted by atomic mass is 9.55. The fourth-order valence-electron chi connectivity index (χ4n) is 5.68. The fourth-order valence-corrected chi connectivity index (χ4v) is 6.36. The largest absolute Gasteiger partial charge is 0.495 e. The maximum Gasteiger partial charge on any atom is 0.446 e. The van der Waals surface area contributed by atoms with Crippen LogP contribution in [0, 0.1) is 11.8 Å². The first-order valence-corrected chi connectivity index (χ1v) is 13.3. The van der Waals surface area contributed by atoms with Crippen molar-refractivity contribution in [2.75, 3.05) is 31.3 Å². The Kier molecular flexibility index (Phi) is 7.07. The van der Waals surface area contributed by atoms with Crippen LogP contribution >= 0.6 is 11.8 Å². The van der Waals surface area contributed by atoms with E-state index < -0.39 is 5.51 Å². The normalized spacial score (nSPS) is 21.9. The van der Waals surface area contributed by atoms with Gasteiger partial charge >= 0.3 is 5.51 Å². The number of nitrogens with zero attached hydrogens (tertiary/aromatic N) is 2. The number of ether oxygens (including phenoxy) is 1. The lowest BCUT2D eigenvalue weighted by Crippen LogP contribution is -2.68. The van der Waals surface area contributed by atoms with Gasteiger partial charge in [0.05, 0.1) is 29.8 Å². The van der Waals surface area contributed by atoms with Crippen molar-refractivity contribution in [3.63, 3.8) is 0 Å². The number of hydrogen-bond donors (Lipinski definition) is 4. The number of nitrogens with one attached hydrogen (secondary N) is 3. The molecule has 39 heavy (non-hydrogen) atoms. The number of amides is 1. The average Bonchev–Trinajstić information content (AvgIpc) is 3.22. The molecule has 0 radical (unpaired) electrons. The summed E-state index contributed by atoms with van der Waals surface area (Å²) >= 11 is -0.218. The number of thioether (sulfide) groups is 1. The third kappa shape index (κ3) is 5.60. The van der Waals surface area contributed by atoms with E-state index >= 15 is 0 Å². The number of nitrogens with two attached hydrogens (primary N) is 1. The molecule has 3 fully saturated rings. The van der Waals surface area contributed by atoms with Crippen molar-refractivity contribution in [1.29, 1.82) is 0 Å². The van der Waals surface area contributed by atoms with Gasteiger partial charge < -0.3 is 26.4 Å². The van der Waals surface area contributed by atoms with E-state index in [1.165, 1.54) is 18.7 Å². The lowest BCUT2D eigenvalue weighted by molar-refractivity contribution is -0.0327. The van der Waals surface area contributed by atoms with E-state index in [2.05, 4.69) is 32.9 Å². The lowest BCUT2D eigenvalue weighted by Gasteiger charge is -2.59. The SMILES string of the molecule is CNC(=O)c1ccc(NCC#Cc2nn3c(NC45CCCC(N)(C4)C5)cccc3c2SC(F)(F)F)c(OC)c1. The minimum absolute atomic E-state index is 0.0400. The molecule has 3 aromatic rings. The molecular weight excluding hydrogens is 529 g/mol. The van der Waals surface area contributed by atoms with E-state index in [1.807, 2.05) is 6.07 Å². The van der Waals surface area contributed by atoms with Gasteiger partial charge in [-0.2, -0.15) is 18.3 Å². The molecule has 2 bridgehead atoms. The second-order valence-corrected chi connectivity index (χ2v) is 11.1. The second-order valence-electron chi connectivity index (χ2n) is 10.1. The third-order valence-electron chi connectivity index (χ3n) is 7.20. The number of rotatable bonds is 7. The highest BCUT2D eigenvalue weighted by atomic mass is 32.2. The van der Waals surface area contributed by atoms with Crippen molar-refractivity contribution in [3.05, 3.63) is 47.7 Å². The quantitative estimate of drug-likeness (QED) is 0.248. The first kappa shape index (κ1) is 27.0. The Hall–Kier alpha value is -3.56. The Labute approximate surface area is 228 Å². The zero-order valence-corrected chi connectivity index (χ0v) is 22.4. The van der Waals surface area contributed by atoms with Gasteiger partial charge in [0.25, 0.3) is 5.91 Å². The molecule has 0 atom stereocenters. The number of pyridine rings is 1. The van der Waals surface area contributed by atoms with Crippen LogP contribution in [-0.2, 0) is 0 Å². The van der Waals surface area contributed by atoms with Crippen LogP contribution in [0.15, 0.2) is 41.3 Å². The third-order valence-corrected chi connectivity index (χ3v) is 8.04. The van der Waals surface area contributed by atoms with Gasteiger partial charge in [-0.3, -0.25) is 4.79 Å². The van der Waals surface area contributed by atoms with Gasteiger partial charge in [-0.05, 0) is 80.1 Å². The van der Waals surface area contributed by atoms with Crippen molar-refractivity contribution in [2.45, 2.75) is 53.6 Å². The van der Waals surface area contributed by atoms with Gasteiger partial charge in [-0.25, -0.2) is 4.52 Å². The number of halogens is 3. The molecule has 1 aromatic carbocycles. The molecule has 5 N–H and O–H groups in total. The summed E-state index contributed by atoms with van der Waals surface area (Å²) in [6.07, 6.45) is 4.62. The van der Waals surface area contributed by atoms with E-state index in [-0.39, 0.29) is 45.9 Å². The molecule has 12 heteroatoms. The summed E-state index contributed by atoms with van der Waals surface area (Å²) < 4.78 is 47.4. The van der Waals surface area contributed by atoms with Crippen LogP contribution in [0.25, 0.3) is 5.52 Å². The number of methoxy groups -OCH3 is 1. The minimum Gasteiger partial charge on any atom is -0.495 e. The molecule has 2 heterocycles. The van der Waals surface area contributed by atoms with E-state index in [0.717, 1.165) is 32.1 Å². The highest BCUT2D eigenvalue weighted by Gasteiger charge is 2.55. The van der Waals surface area contributed by atoms with Crippen molar-refractivity contribution in [2.24, 2.45) is 5.73 Å². The average molecular weight is 559 g/mol. The standard InChI is InChI=1S/C27H29F3N6O2S/c1-32-24(37)17-9-10-18(21(14-17)38-2)33-13-4-6-19-23(39-27(28,29)30)20-7-3-8-22(36(20)35-19)34-26-12-5-11-25(31,15-26)16-26/h3,7-10,14,33-34H,5,11-13,15-16,31H2,1-2H3,(H,32,37). The van der Waals surface area contributed by atoms with E-state index in [1.54, 1.807) is 30.3 Å². The van der Waals surface area contributed by atoms with Crippen molar-refractivity contribution in [3.8, 4) is 17.6 Å². The number of carbonyl (C=O) groups excluding carboxylic acids is 1. The molecule has 2 aromatic heterocycles. The van der Waals surface area contributed by atoms with Crippen LogP contribution in [0.3, 0.4) is 0 Å². The van der Waals surface area contributed by atoms with Crippen molar-refractivity contribution < 1.29 is 22.7 Å². The van der Waals surface area contributed by atoms with Crippen LogP contribution in [0.5, 0.6) is 5.75 Å². The summed E-state index contributed by atoms with van der Waals surface area (Å²) in [6.45, 7) is 0.118. The first-order valence-electron chi connectivity index (χ1n) is 12.5. The molecule has 0 aliphatic heterocycles. The van der Waals surface area contributed by atoms with Crippen LogP contribution in [0.1, 0.15) is 48.2 Å². The molecule has 0 unspecified atom stereocenters. The minimum atomic E-state index is -4.50. The molecule has 3 saturated carbocycles. The van der Waals surface area contributed by atoms with Crippen LogP contribution < -0.4 is 26.4 Å². The highest BCUT2D eigenvalue weighted by Crippen LogP contribution is 2.52. The molecule has 0 saturated heterocycles. The van der Waals surface area contributed by atoms with Crippen LogP contribution in [0.2, 0.25) is 0 Å². The maximum atomic E-state index is 13.5. The number of carbonyl (C=O) groups is 1. The molecular formula is C27H29F3N6O2S. The fraction of sp³-hybridized carbons (Fsp3) is 0.407. The number of anilines is 2.